The lowest BCUT2D eigenvalue weighted by Crippen LogP contribution is -2.29. The number of anilines is 3. The Hall–Kier alpha value is -3.89. The summed E-state index contributed by atoms with van der Waals surface area (Å²) in [6.07, 6.45) is 6.50. The van der Waals surface area contributed by atoms with E-state index in [9.17, 15) is 4.79 Å². The standard InChI is InChI=1S/C18H20N10O/c1-18(2,3)23-16-15-11(8-12(22-16)21-13-9-19-5-6-20-13)4-7-28(17(15)29)10-14-24-26-27-25-14/h4-9H,10H2,1-3H3,(H2,20,21,22,23)(H,24,25,26,27). The quantitative estimate of drug-likeness (QED) is 0.463. The fourth-order valence-electron chi connectivity index (χ4n) is 2.84. The lowest BCUT2D eigenvalue weighted by atomic mass is 10.1. The van der Waals surface area contributed by atoms with E-state index < -0.39 is 0 Å². The van der Waals surface area contributed by atoms with Gasteiger partial charge in [0.2, 0.25) is 0 Å². The SMILES string of the molecule is CC(C)(C)Nc1nc(Nc2cnccn2)cc2ccn(Cc3nnn[nH]3)c(=O)c12. The molecule has 0 aliphatic rings. The van der Waals surface area contributed by atoms with Gasteiger partial charge in [0.05, 0.1) is 18.1 Å². The number of tetrazole rings is 1. The van der Waals surface area contributed by atoms with E-state index in [1.807, 2.05) is 26.8 Å². The average Bonchev–Trinajstić information content (AvgIpc) is 3.16. The van der Waals surface area contributed by atoms with Crippen LogP contribution in [0, 0.1) is 0 Å². The second-order valence-corrected chi connectivity index (χ2v) is 7.51. The first-order valence-electron chi connectivity index (χ1n) is 8.97. The zero-order valence-electron chi connectivity index (χ0n) is 16.2. The van der Waals surface area contributed by atoms with Gasteiger partial charge in [-0.1, -0.05) is 0 Å². The number of H-pyrrole nitrogens is 1. The summed E-state index contributed by atoms with van der Waals surface area (Å²) in [5.74, 6) is 2.09. The van der Waals surface area contributed by atoms with Gasteiger partial charge in [-0.25, -0.2) is 15.1 Å². The number of nitrogens with one attached hydrogen (secondary N) is 3. The van der Waals surface area contributed by atoms with Crippen LogP contribution >= 0.6 is 0 Å². The maximum absolute atomic E-state index is 13.2. The Morgan fingerprint density at radius 3 is 2.76 bits per heavy atom. The summed E-state index contributed by atoms with van der Waals surface area (Å²) in [6, 6.07) is 3.66. The van der Waals surface area contributed by atoms with Crippen molar-refractivity contribution in [3.8, 4) is 0 Å². The van der Waals surface area contributed by atoms with Crippen molar-refractivity contribution in [2.24, 2.45) is 0 Å². The Kier molecular flexibility index (Phi) is 4.63. The lowest BCUT2D eigenvalue weighted by molar-refractivity contribution is 0.631. The van der Waals surface area contributed by atoms with Crippen molar-refractivity contribution < 1.29 is 0 Å². The number of hydrogen-bond acceptors (Lipinski definition) is 9. The molecule has 0 aromatic carbocycles. The van der Waals surface area contributed by atoms with E-state index in [4.69, 9.17) is 0 Å². The highest BCUT2D eigenvalue weighted by atomic mass is 16.1. The third kappa shape index (κ3) is 4.18. The first-order valence-corrected chi connectivity index (χ1v) is 8.97. The molecule has 4 aromatic rings. The van der Waals surface area contributed by atoms with Crippen LogP contribution in [-0.4, -0.2) is 45.7 Å². The number of hydrogen-bond donors (Lipinski definition) is 3. The summed E-state index contributed by atoms with van der Waals surface area (Å²) in [5, 5.41) is 21.3. The maximum Gasteiger partial charge on any atom is 0.262 e. The fourth-order valence-corrected chi connectivity index (χ4v) is 2.84. The van der Waals surface area contributed by atoms with E-state index in [0.717, 1.165) is 5.39 Å². The lowest BCUT2D eigenvalue weighted by Gasteiger charge is -2.23. The molecule has 4 aromatic heterocycles. The molecule has 29 heavy (non-hydrogen) atoms. The molecule has 0 aliphatic heterocycles. The minimum absolute atomic E-state index is 0.191. The molecule has 0 spiro atoms. The summed E-state index contributed by atoms with van der Waals surface area (Å²) in [4.78, 5) is 26.1. The number of rotatable bonds is 5. The Labute approximate surface area is 165 Å². The molecule has 0 amide bonds. The molecule has 11 heteroatoms. The summed E-state index contributed by atoms with van der Waals surface area (Å²) >= 11 is 0. The largest absolute Gasteiger partial charge is 0.365 e. The Morgan fingerprint density at radius 2 is 2.07 bits per heavy atom. The number of pyridine rings is 2. The second-order valence-electron chi connectivity index (χ2n) is 7.51. The monoisotopic (exact) mass is 392 g/mol. The third-order valence-electron chi connectivity index (χ3n) is 3.98. The predicted molar refractivity (Wildman–Crippen MR) is 108 cm³/mol. The van der Waals surface area contributed by atoms with Gasteiger partial charge in [0, 0.05) is 24.1 Å². The molecule has 0 saturated carbocycles. The van der Waals surface area contributed by atoms with Crippen molar-refractivity contribution >= 4 is 28.2 Å². The number of aromatic amines is 1. The van der Waals surface area contributed by atoms with Crippen LogP contribution in [0.4, 0.5) is 17.5 Å². The van der Waals surface area contributed by atoms with Crippen molar-refractivity contribution in [2.45, 2.75) is 32.9 Å². The van der Waals surface area contributed by atoms with E-state index >= 15 is 0 Å². The van der Waals surface area contributed by atoms with Gasteiger partial charge in [0.15, 0.2) is 5.82 Å². The van der Waals surface area contributed by atoms with E-state index in [-0.39, 0.29) is 17.6 Å². The highest BCUT2D eigenvalue weighted by molar-refractivity contribution is 5.93. The van der Waals surface area contributed by atoms with E-state index in [1.54, 1.807) is 30.9 Å². The maximum atomic E-state index is 13.2. The Balaban J connectivity index is 1.82. The summed E-state index contributed by atoms with van der Waals surface area (Å²) in [7, 11) is 0. The molecule has 4 heterocycles. The number of aromatic nitrogens is 8. The third-order valence-corrected chi connectivity index (χ3v) is 3.98. The van der Waals surface area contributed by atoms with Crippen LogP contribution in [0.3, 0.4) is 0 Å². The van der Waals surface area contributed by atoms with Crippen LogP contribution in [0.2, 0.25) is 0 Å². The van der Waals surface area contributed by atoms with Gasteiger partial charge in [-0.05, 0) is 48.7 Å². The van der Waals surface area contributed by atoms with Crippen LogP contribution in [0.25, 0.3) is 10.8 Å². The fraction of sp³-hybridized carbons (Fsp3) is 0.278. The molecule has 3 N–H and O–H groups in total. The first kappa shape index (κ1) is 18.5. The first-order chi connectivity index (χ1) is 13.9. The van der Waals surface area contributed by atoms with Crippen LogP contribution < -0.4 is 16.2 Å². The molecule has 0 aliphatic carbocycles. The highest BCUT2D eigenvalue weighted by Gasteiger charge is 2.18. The van der Waals surface area contributed by atoms with Crippen molar-refractivity contribution in [1.29, 1.82) is 0 Å². The van der Waals surface area contributed by atoms with Crippen molar-refractivity contribution in [2.75, 3.05) is 10.6 Å². The molecule has 0 radical (unpaired) electrons. The van der Waals surface area contributed by atoms with Crippen LogP contribution in [0.15, 0.2) is 41.7 Å². The molecule has 4 rings (SSSR count). The summed E-state index contributed by atoms with van der Waals surface area (Å²) < 4.78 is 1.54. The molecule has 0 saturated heterocycles. The Morgan fingerprint density at radius 1 is 1.21 bits per heavy atom. The zero-order valence-corrected chi connectivity index (χ0v) is 16.2. The van der Waals surface area contributed by atoms with Crippen LogP contribution in [0.5, 0.6) is 0 Å². The van der Waals surface area contributed by atoms with Gasteiger partial charge in [-0.3, -0.25) is 9.78 Å². The van der Waals surface area contributed by atoms with Crippen LogP contribution in [0.1, 0.15) is 26.6 Å². The zero-order chi connectivity index (χ0) is 20.4. The molecular formula is C18H20N10O. The minimum atomic E-state index is -0.299. The molecule has 148 valence electrons. The Bertz CT molecular complexity index is 1180. The molecule has 11 nitrogen and oxygen atoms in total. The molecular weight excluding hydrogens is 372 g/mol. The van der Waals surface area contributed by atoms with E-state index in [2.05, 4.69) is 46.2 Å². The average molecular weight is 392 g/mol. The molecule has 0 fully saturated rings. The van der Waals surface area contributed by atoms with Crippen molar-refractivity contribution in [3.63, 3.8) is 0 Å². The minimum Gasteiger partial charge on any atom is -0.365 e. The molecule has 0 atom stereocenters. The smallest absolute Gasteiger partial charge is 0.262 e. The highest BCUT2D eigenvalue weighted by Crippen LogP contribution is 2.25. The topological polar surface area (TPSA) is 139 Å². The van der Waals surface area contributed by atoms with E-state index in [0.29, 0.717) is 28.7 Å². The van der Waals surface area contributed by atoms with Crippen molar-refractivity contribution in [1.82, 2.24) is 40.1 Å². The predicted octanol–water partition coefficient (Wildman–Crippen LogP) is 1.70. The van der Waals surface area contributed by atoms with E-state index in [1.165, 1.54) is 4.57 Å². The second kappa shape index (κ2) is 7.26. The van der Waals surface area contributed by atoms with Gasteiger partial charge in [0.25, 0.3) is 5.56 Å². The summed E-state index contributed by atoms with van der Waals surface area (Å²) in [5.41, 5.74) is -0.489. The normalized spacial score (nSPS) is 11.6. The van der Waals surface area contributed by atoms with Crippen LogP contribution in [-0.2, 0) is 6.54 Å². The number of nitrogens with zero attached hydrogens (tertiary/aromatic N) is 7. The number of fused-ring (bicyclic) bond motifs is 1. The van der Waals surface area contributed by atoms with Gasteiger partial charge < -0.3 is 15.2 Å². The van der Waals surface area contributed by atoms with Crippen molar-refractivity contribution in [3.05, 3.63) is 53.1 Å². The summed E-state index contributed by atoms with van der Waals surface area (Å²) in [6.45, 7) is 6.25. The molecule has 0 unspecified atom stereocenters. The molecule has 0 bridgehead atoms. The van der Waals surface area contributed by atoms with Gasteiger partial charge >= 0.3 is 0 Å². The van der Waals surface area contributed by atoms with Gasteiger partial charge in [-0.2, -0.15) is 0 Å². The van der Waals surface area contributed by atoms with Gasteiger partial charge in [-0.15, -0.1) is 5.10 Å². The van der Waals surface area contributed by atoms with Gasteiger partial charge in [0.1, 0.15) is 17.5 Å².